The molecule has 4 rings (SSSR count). The number of rotatable bonds is 4. The van der Waals surface area contributed by atoms with Crippen LogP contribution < -0.4 is 0 Å². The van der Waals surface area contributed by atoms with Crippen molar-refractivity contribution in [3.05, 3.63) is 60.3 Å². The van der Waals surface area contributed by atoms with Gasteiger partial charge in [0.25, 0.3) is 0 Å². The number of hydrogen-bond acceptors (Lipinski definition) is 6. The van der Waals surface area contributed by atoms with Crippen LogP contribution in [0, 0.1) is 0 Å². The van der Waals surface area contributed by atoms with Crippen LogP contribution in [0.3, 0.4) is 0 Å². The monoisotopic (exact) mass is 462 g/mol. The van der Waals surface area contributed by atoms with Crippen molar-refractivity contribution in [2.45, 2.75) is 52.4 Å². The Morgan fingerprint density at radius 1 is 1.29 bits per heavy atom. The first-order chi connectivity index (χ1) is 16.6. The van der Waals surface area contributed by atoms with E-state index in [1.165, 1.54) is 0 Å². The predicted molar refractivity (Wildman–Crippen MR) is 140 cm³/mol. The second-order valence-corrected chi connectivity index (χ2v) is 8.27. The molecule has 3 aliphatic heterocycles. The molecule has 0 bridgehead atoms. The number of piperazine rings is 1. The van der Waals surface area contributed by atoms with E-state index in [2.05, 4.69) is 36.7 Å². The molecule has 0 saturated carbocycles. The number of aliphatic imine (C=N–C) groups is 1. The minimum Gasteiger partial charge on any atom is -0.447 e. The lowest BCUT2D eigenvalue weighted by molar-refractivity contribution is 0.0609. The third-order valence-corrected chi connectivity index (χ3v) is 6.21. The number of carbonyl (C=O) groups is 1. The molecule has 1 radical (unpaired) electrons. The summed E-state index contributed by atoms with van der Waals surface area (Å²) in [6, 6.07) is 4.02. The number of carbonyl (C=O) groups excluding carboxylic acids is 1. The van der Waals surface area contributed by atoms with Crippen molar-refractivity contribution < 1.29 is 9.53 Å². The largest absolute Gasteiger partial charge is 0.447 e. The molecule has 0 aliphatic carbocycles. The molecule has 1 unspecified atom stereocenters. The van der Waals surface area contributed by atoms with Gasteiger partial charge in [-0.1, -0.05) is 45.8 Å². The average molecular weight is 462 g/mol. The molecule has 0 spiro atoms. The molecule has 0 aromatic carbocycles. The van der Waals surface area contributed by atoms with Gasteiger partial charge in [0.1, 0.15) is 18.9 Å². The van der Waals surface area contributed by atoms with Gasteiger partial charge in [-0.05, 0) is 31.3 Å². The van der Waals surface area contributed by atoms with Crippen molar-refractivity contribution in [2.24, 2.45) is 4.99 Å². The van der Waals surface area contributed by atoms with E-state index >= 15 is 0 Å². The summed E-state index contributed by atoms with van der Waals surface area (Å²) in [6.45, 7) is 12.9. The van der Waals surface area contributed by atoms with E-state index in [-0.39, 0.29) is 12.2 Å². The number of allylic oxidation sites excluding steroid dienone is 2. The summed E-state index contributed by atoms with van der Waals surface area (Å²) in [5.41, 5.74) is 3.05. The summed E-state index contributed by atoms with van der Waals surface area (Å²) >= 11 is 0. The second-order valence-electron chi connectivity index (χ2n) is 8.27. The lowest BCUT2D eigenvalue weighted by Gasteiger charge is -2.37. The van der Waals surface area contributed by atoms with Gasteiger partial charge in [0, 0.05) is 62.5 Å². The van der Waals surface area contributed by atoms with Gasteiger partial charge in [-0.25, -0.2) is 9.79 Å². The normalized spacial score (nSPS) is 21.2. The van der Waals surface area contributed by atoms with Crippen molar-refractivity contribution in [1.29, 1.82) is 0 Å². The first-order valence-electron chi connectivity index (χ1n) is 12.4. The minimum absolute atomic E-state index is 0.0484. The van der Waals surface area contributed by atoms with Crippen molar-refractivity contribution in [2.75, 3.05) is 33.2 Å². The molecular weight excluding hydrogens is 425 g/mol. The Labute approximate surface area is 205 Å². The van der Waals surface area contributed by atoms with E-state index in [0.717, 1.165) is 67.1 Å². The maximum absolute atomic E-state index is 12.5. The number of nitrogens with zero attached hydrogens (tertiary/aromatic N) is 5. The Morgan fingerprint density at radius 3 is 2.71 bits per heavy atom. The second kappa shape index (κ2) is 12.4. The maximum atomic E-state index is 12.5. The van der Waals surface area contributed by atoms with Crippen molar-refractivity contribution in [3.8, 4) is 0 Å². The van der Waals surface area contributed by atoms with Gasteiger partial charge in [-0.3, -0.25) is 4.98 Å². The molecule has 7 nitrogen and oxygen atoms in total. The van der Waals surface area contributed by atoms with Crippen LogP contribution in [0.15, 0.2) is 54.1 Å². The van der Waals surface area contributed by atoms with Gasteiger partial charge in [-0.15, -0.1) is 0 Å². The van der Waals surface area contributed by atoms with E-state index in [1.807, 2.05) is 61.3 Å². The highest BCUT2D eigenvalue weighted by molar-refractivity contribution is 6.36. The van der Waals surface area contributed by atoms with E-state index in [0.29, 0.717) is 13.1 Å². The summed E-state index contributed by atoms with van der Waals surface area (Å²) in [6.07, 6.45) is 11.3. The van der Waals surface area contributed by atoms with Crippen LogP contribution >= 0.6 is 0 Å². The molecule has 1 atom stereocenters. The molecule has 3 aliphatic rings. The maximum Gasteiger partial charge on any atom is 0.410 e. The van der Waals surface area contributed by atoms with E-state index in [1.54, 1.807) is 0 Å². The molecule has 34 heavy (non-hydrogen) atoms. The molecule has 2 fully saturated rings. The molecule has 2 saturated heterocycles. The quantitative estimate of drug-likeness (QED) is 0.619. The van der Waals surface area contributed by atoms with Crippen LogP contribution in [0.25, 0.3) is 5.57 Å². The van der Waals surface area contributed by atoms with Gasteiger partial charge in [0.05, 0.1) is 6.10 Å². The zero-order chi connectivity index (χ0) is 24.5. The third-order valence-electron chi connectivity index (χ3n) is 6.21. The van der Waals surface area contributed by atoms with Gasteiger partial charge < -0.3 is 19.4 Å². The van der Waals surface area contributed by atoms with Crippen LogP contribution in [0.4, 0.5) is 4.79 Å². The SMILES string of the molecule is C=C/C(=C1/N=C(N2CCN(C(=O)OC3C[B]CC3)CC2)C=CN1C)c1cccnc1CC.CC. The molecular formula is C26H37BN5O2. The fourth-order valence-electron chi connectivity index (χ4n) is 4.35. The van der Waals surface area contributed by atoms with Crippen molar-refractivity contribution in [1.82, 2.24) is 19.7 Å². The zero-order valence-corrected chi connectivity index (χ0v) is 21.0. The first-order valence-corrected chi connectivity index (χ1v) is 12.4. The van der Waals surface area contributed by atoms with E-state index in [4.69, 9.17) is 9.73 Å². The number of aromatic nitrogens is 1. The summed E-state index contributed by atoms with van der Waals surface area (Å²) in [5.74, 6) is 1.75. The highest BCUT2D eigenvalue weighted by Gasteiger charge is 2.28. The Kier molecular flexibility index (Phi) is 9.37. The average Bonchev–Trinajstić information content (AvgIpc) is 3.40. The summed E-state index contributed by atoms with van der Waals surface area (Å²) in [7, 11) is 4.18. The lowest BCUT2D eigenvalue weighted by Crippen LogP contribution is -2.51. The Hall–Kier alpha value is -3.03. The Bertz CT molecular complexity index is 944. The Balaban J connectivity index is 0.00000158. The molecule has 4 heterocycles. The van der Waals surface area contributed by atoms with Crippen LogP contribution in [0.2, 0.25) is 12.6 Å². The van der Waals surface area contributed by atoms with Gasteiger partial charge >= 0.3 is 6.09 Å². The smallest absolute Gasteiger partial charge is 0.410 e. The van der Waals surface area contributed by atoms with Gasteiger partial charge in [0.2, 0.25) is 0 Å². The number of aryl methyl sites for hydroxylation is 1. The summed E-state index contributed by atoms with van der Waals surface area (Å²) < 4.78 is 5.64. The lowest BCUT2D eigenvalue weighted by atomic mass is 9.77. The van der Waals surface area contributed by atoms with Crippen LogP contribution in [-0.2, 0) is 11.2 Å². The standard InChI is InChI=1S/C24H31BN5O2.C2H6/c1-4-19(20-7-6-11-26-21(20)5-2)23-27-22(9-12-28(23)3)29-13-15-30(16-14-29)24(31)32-18-8-10-25-17-18;1-2/h4,6-7,9,11-12,18H,1,5,8,10,13-17H2,2-3H3;1-2H3/b23-19+;. The number of hydrogen-bond donors (Lipinski definition) is 0. The highest BCUT2D eigenvalue weighted by atomic mass is 16.6. The number of ether oxygens (including phenoxy) is 1. The number of pyridine rings is 1. The number of amides is 1. The number of amidine groups is 1. The van der Waals surface area contributed by atoms with E-state index < -0.39 is 0 Å². The van der Waals surface area contributed by atoms with Crippen molar-refractivity contribution in [3.63, 3.8) is 0 Å². The first kappa shape index (κ1) is 25.6. The topological polar surface area (TPSA) is 61.3 Å². The fraction of sp³-hybridized carbons (Fsp3) is 0.500. The van der Waals surface area contributed by atoms with Crippen LogP contribution in [0.1, 0.15) is 38.4 Å². The molecule has 1 aromatic rings. The third kappa shape index (κ3) is 5.90. The summed E-state index contributed by atoms with van der Waals surface area (Å²) in [4.78, 5) is 28.0. The van der Waals surface area contributed by atoms with Crippen LogP contribution in [-0.4, -0.2) is 78.2 Å². The highest BCUT2D eigenvalue weighted by Crippen LogP contribution is 2.28. The molecule has 1 amide bonds. The predicted octanol–water partition coefficient (Wildman–Crippen LogP) is 4.45. The molecule has 1 aromatic heterocycles. The van der Waals surface area contributed by atoms with Crippen LogP contribution in [0.5, 0.6) is 0 Å². The minimum atomic E-state index is -0.191. The Morgan fingerprint density at radius 2 is 2.06 bits per heavy atom. The summed E-state index contributed by atoms with van der Waals surface area (Å²) in [5, 5.41) is 0. The molecule has 181 valence electrons. The van der Waals surface area contributed by atoms with Gasteiger partial charge in [-0.2, -0.15) is 0 Å². The molecule has 8 heteroatoms. The zero-order valence-electron chi connectivity index (χ0n) is 21.0. The fourth-order valence-corrected chi connectivity index (χ4v) is 4.35. The molecule has 0 N–H and O–H groups in total. The van der Waals surface area contributed by atoms with Crippen molar-refractivity contribution >= 4 is 24.8 Å². The van der Waals surface area contributed by atoms with E-state index in [9.17, 15) is 4.79 Å². The van der Waals surface area contributed by atoms with Gasteiger partial charge in [0.15, 0.2) is 0 Å².